The fourth-order valence-electron chi connectivity index (χ4n) is 4.37. The van der Waals surface area contributed by atoms with E-state index in [9.17, 15) is 4.79 Å². The van der Waals surface area contributed by atoms with Crippen molar-refractivity contribution < 1.29 is 4.79 Å². The van der Waals surface area contributed by atoms with Crippen LogP contribution in [-0.4, -0.2) is 79.1 Å². The number of rotatable bonds is 11. The summed E-state index contributed by atoms with van der Waals surface area (Å²) in [6.45, 7) is 7.31. The van der Waals surface area contributed by atoms with Gasteiger partial charge in [-0.05, 0) is 37.6 Å². The first kappa shape index (κ1) is 27.8. The Morgan fingerprint density at radius 3 is 2.58 bits per heavy atom. The highest BCUT2D eigenvalue weighted by Gasteiger charge is 2.18. The summed E-state index contributed by atoms with van der Waals surface area (Å²) in [7, 11) is 3.94. The number of hydrogen-bond donors (Lipinski definition) is 3. The number of piperazine rings is 1. The van der Waals surface area contributed by atoms with Crippen molar-refractivity contribution in [1.29, 1.82) is 0 Å². The molecule has 3 heterocycles. The number of aromatic nitrogens is 3. The summed E-state index contributed by atoms with van der Waals surface area (Å²) in [5, 5.41) is 10.4. The monoisotopic (exact) mass is 536 g/mol. The van der Waals surface area contributed by atoms with Crippen LogP contribution in [0.1, 0.15) is 30.1 Å². The van der Waals surface area contributed by atoms with Gasteiger partial charge >= 0.3 is 0 Å². The Balaban J connectivity index is 1.43. The smallest absolute Gasteiger partial charge is 0.220 e. The highest BCUT2D eigenvalue weighted by Crippen LogP contribution is 2.27. The van der Waals surface area contributed by atoms with Crippen molar-refractivity contribution in [2.24, 2.45) is 0 Å². The zero-order valence-electron chi connectivity index (χ0n) is 22.4. The molecule has 9 nitrogen and oxygen atoms in total. The summed E-state index contributed by atoms with van der Waals surface area (Å²) < 4.78 is 0. The van der Waals surface area contributed by atoms with Crippen LogP contribution in [-0.2, 0) is 4.79 Å². The van der Waals surface area contributed by atoms with Crippen LogP contribution in [0.3, 0.4) is 0 Å². The fourth-order valence-corrected chi connectivity index (χ4v) is 4.53. The summed E-state index contributed by atoms with van der Waals surface area (Å²) in [6.07, 6.45) is 3.11. The summed E-state index contributed by atoms with van der Waals surface area (Å²) in [6, 6.07) is 13.6. The van der Waals surface area contributed by atoms with Gasteiger partial charge in [-0.1, -0.05) is 41.9 Å². The third kappa shape index (κ3) is 7.63. The lowest BCUT2D eigenvalue weighted by molar-refractivity contribution is -0.121. The topological polar surface area (TPSA) is 98.3 Å². The quantitative estimate of drug-likeness (QED) is 0.342. The lowest BCUT2D eigenvalue weighted by Gasteiger charge is -2.27. The van der Waals surface area contributed by atoms with Crippen molar-refractivity contribution in [2.45, 2.75) is 25.8 Å². The van der Waals surface area contributed by atoms with E-state index in [1.54, 1.807) is 6.20 Å². The molecule has 3 N–H and O–H groups in total. The van der Waals surface area contributed by atoms with E-state index in [2.05, 4.69) is 35.8 Å². The molecule has 1 aliphatic rings. The second kappa shape index (κ2) is 13.5. The number of benzene rings is 1. The zero-order valence-corrected chi connectivity index (χ0v) is 23.1. The third-order valence-electron chi connectivity index (χ3n) is 6.61. The SMILES string of the molecule is Cc1nc(-c2ccc(N(C)C)cn2)nc(NC[C@H](NC(=O)CCCN2CCNCC2)c2ccccc2)c1Cl. The van der Waals surface area contributed by atoms with Crippen molar-refractivity contribution in [3.8, 4) is 11.5 Å². The predicted octanol–water partition coefficient (Wildman–Crippen LogP) is 3.52. The minimum Gasteiger partial charge on any atom is -0.376 e. The Hall–Kier alpha value is -3.27. The number of nitrogens with one attached hydrogen (secondary N) is 3. The molecular formula is C28H37ClN8O. The normalized spacial score (nSPS) is 14.6. The zero-order chi connectivity index (χ0) is 26.9. The lowest BCUT2D eigenvalue weighted by atomic mass is 10.1. The lowest BCUT2D eigenvalue weighted by Crippen LogP contribution is -2.44. The summed E-state index contributed by atoms with van der Waals surface area (Å²) >= 11 is 6.59. The van der Waals surface area contributed by atoms with Crippen LogP contribution in [0.25, 0.3) is 11.5 Å². The second-order valence-electron chi connectivity index (χ2n) is 9.70. The van der Waals surface area contributed by atoms with E-state index in [-0.39, 0.29) is 11.9 Å². The standard InChI is InChI=1S/C28H37ClN8O/c1-20-26(29)28(35-27(33-20)23-12-11-22(18-31-23)36(2)3)32-19-24(21-8-5-4-6-9-21)34-25(38)10-7-15-37-16-13-30-14-17-37/h4-6,8-9,11-12,18,24,30H,7,10,13-17,19H2,1-3H3,(H,34,38)(H,32,33,35)/t24-/m0/s1. The van der Waals surface area contributed by atoms with Crippen molar-refractivity contribution in [1.82, 2.24) is 30.5 Å². The molecule has 1 aliphatic heterocycles. The van der Waals surface area contributed by atoms with E-state index in [0.29, 0.717) is 41.0 Å². The van der Waals surface area contributed by atoms with E-state index in [4.69, 9.17) is 11.6 Å². The first-order chi connectivity index (χ1) is 18.4. The van der Waals surface area contributed by atoms with E-state index >= 15 is 0 Å². The molecule has 0 aliphatic carbocycles. The fraction of sp³-hybridized carbons (Fsp3) is 0.429. The first-order valence-electron chi connectivity index (χ1n) is 13.1. The van der Waals surface area contributed by atoms with Crippen LogP contribution in [0.5, 0.6) is 0 Å². The van der Waals surface area contributed by atoms with Gasteiger partial charge in [-0.15, -0.1) is 0 Å². The maximum absolute atomic E-state index is 12.9. The van der Waals surface area contributed by atoms with E-state index in [1.807, 2.05) is 68.4 Å². The number of amides is 1. The maximum Gasteiger partial charge on any atom is 0.220 e. The number of pyridine rings is 1. The number of nitrogens with zero attached hydrogens (tertiary/aromatic N) is 5. The molecular weight excluding hydrogens is 500 g/mol. The summed E-state index contributed by atoms with van der Waals surface area (Å²) in [5.74, 6) is 1.04. The Morgan fingerprint density at radius 1 is 1.13 bits per heavy atom. The van der Waals surface area contributed by atoms with Gasteiger partial charge in [-0.3, -0.25) is 9.78 Å². The van der Waals surface area contributed by atoms with Gasteiger partial charge in [0.25, 0.3) is 0 Å². The molecule has 202 valence electrons. The van der Waals surface area contributed by atoms with E-state index < -0.39 is 0 Å². The molecule has 1 amide bonds. The second-order valence-corrected chi connectivity index (χ2v) is 10.1. The average molecular weight is 537 g/mol. The molecule has 3 aromatic rings. The van der Waals surface area contributed by atoms with Crippen LogP contribution >= 0.6 is 11.6 Å². The van der Waals surface area contributed by atoms with Crippen molar-refractivity contribution >= 4 is 29.0 Å². The van der Waals surface area contributed by atoms with Gasteiger partial charge in [0.1, 0.15) is 16.5 Å². The van der Waals surface area contributed by atoms with Gasteiger partial charge in [-0.2, -0.15) is 0 Å². The molecule has 4 rings (SSSR count). The average Bonchev–Trinajstić information content (AvgIpc) is 2.94. The van der Waals surface area contributed by atoms with Crippen LogP contribution in [0, 0.1) is 6.92 Å². The Labute approximate surface area is 230 Å². The van der Waals surface area contributed by atoms with E-state index in [0.717, 1.165) is 50.4 Å². The third-order valence-corrected chi connectivity index (χ3v) is 7.06. The molecule has 1 atom stereocenters. The highest BCUT2D eigenvalue weighted by atomic mass is 35.5. The highest BCUT2D eigenvalue weighted by molar-refractivity contribution is 6.33. The number of halogens is 1. The van der Waals surface area contributed by atoms with Crippen LogP contribution in [0.2, 0.25) is 5.02 Å². The summed E-state index contributed by atoms with van der Waals surface area (Å²) in [4.78, 5) is 31.0. The van der Waals surface area contributed by atoms with Crippen molar-refractivity contribution in [3.05, 3.63) is 64.9 Å². The largest absolute Gasteiger partial charge is 0.376 e. The number of aryl methyl sites for hydroxylation is 1. The van der Waals surface area contributed by atoms with Crippen LogP contribution < -0.4 is 20.9 Å². The molecule has 1 fully saturated rings. The number of hydrogen-bond acceptors (Lipinski definition) is 8. The minimum absolute atomic E-state index is 0.0339. The minimum atomic E-state index is -0.241. The predicted molar refractivity (Wildman–Crippen MR) is 154 cm³/mol. The Bertz CT molecular complexity index is 1180. The van der Waals surface area contributed by atoms with Crippen molar-refractivity contribution in [2.75, 3.05) is 63.6 Å². The molecule has 0 spiro atoms. The summed E-state index contributed by atoms with van der Waals surface area (Å²) in [5.41, 5.74) is 3.33. The molecule has 1 saturated heterocycles. The van der Waals surface area contributed by atoms with Gasteiger partial charge in [0, 0.05) is 53.2 Å². The molecule has 2 aromatic heterocycles. The first-order valence-corrected chi connectivity index (χ1v) is 13.5. The van der Waals surface area contributed by atoms with Gasteiger partial charge in [-0.25, -0.2) is 9.97 Å². The van der Waals surface area contributed by atoms with Gasteiger partial charge in [0.15, 0.2) is 5.82 Å². The van der Waals surface area contributed by atoms with Crippen LogP contribution in [0.15, 0.2) is 48.7 Å². The molecule has 0 radical (unpaired) electrons. The van der Waals surface area contributed by atoms with E-state index in [1.165, 1.54) is 0 Å². The van der Waals surface area contributed by atoms with Crippen molar-refractivity contribution in [3.63, 3.8) is 0 Å². The van der Waals surface area contributed by atoms with Gasteiger partial charge < -0.3 is 25.8 Å². The molecule has 38 heavy (non-hydrogen) atoms. The Morgan fingerprint density at radius 2 is 1.89 bits per heavy atom. The number of carbonyl (C=O) groups excluding carboxylic acids is 1. The molecule has 0 bridgehead atoms. The molecule has 0 unspecified atom stereocenters. The number of carbonyl (C=O) groups is 1. The number of anilines is 2. The maximum atomic E-state index is 12.9. The molecule has 1 aromatic carbocycles. The van der Waals surface area contributed by atoms with Gasteiger partial charge in [0.05, 0.1) is 23.6 Å². The van der Waals surface area contributed by atoms with Gasteiger partial charge in [0.2, 0.25) is 5.91 Å². The molecule has 10 heteroatoms. The van der Waals surface area contributed by atoms with Crippen LogP contribution in [0.4, 0.5) is 11.5 Å². The molecule has 0 saturated carbocycles. The Kier molecular flexibility index (Phi) is 9.86.